The Balaban J connectivity index is 2.98. The summed E-state index contributed by atoms with van der Waals surface area (Å²) in [5.41, 5.74) is 1.04. The molecule has 1 rings (SSSR count). The van der Waals surface area contributed by atoms with E-state index in [4.69, 9.17) is 4.74 Å². The Bertz CT molecular complexity index is 424. The molecule has 0 aliphatic heterocycles. The lowest BCUT2D eigenvalue weighted by atomic mass is 10.1. The predicted molar refractivity (Wildman–Crippen MR) is 64.9 cm³/mol. The summed E-state index contributed by atoms with van der Waals surface area (Å²) in [6, 6.07) is 9.05. The number of ether oxygens (including phenoxy) is 1. The van der Waals surface area contributed by atoms with Crippen LogP contribution in [0, 0.1) is 0 Å². The molecule has 0 aromatic heterocycles. The van der Waals surface area contributed by atoms with Gasteiger partial charge in [0.05, 0.1) is 12.2 Å². The molecule has 0 unspecified atom stereocenters. The number of nitrogens with one attached hydrogen (secondary N) is 1. The maximum absolute atomic E-state index is 11.7. The Labute approximate surface area is 100 Å². The molecule has 1 N–H and O–H groups in total. The number of amides is 1. The van der Waals surface area contributed by atoms with Crippen molar-refractivity contribution in [3.63, 3.8) is 0 Å². The van der Waals surface area contributed by atoms with E-state index in [-0.39, 0.29) is 5.91 Å². The van der Waals surface area contributed by atoms with Crippen LogP contribution in [0.3, 0.4) is 0 Å². The molecule has 0 saturated carbocycles. The number of hydrogen-bond donors (Lipinski definition) is 1. The highest BCUT2D eigenvalue weighted by Gasteiger charge is 2.12. The van der Waals surface area contributed by atoms with Crippen molar-refractivity contribution in [3.05, 3.63) is 42.1 Å². The van der Waals surface area contributed by atoms with Crippen LogP contribution < -0.4 is 5.32 Å². The van der Waals surface area contributed by atoms with Crippen molar-refractivity contribution in [2.24, 2.45) is 0 Å². The summed E-state index contributed by atoms with van der Waals surface area (Å²) < 4.78 is 4.93. The molecule has 0 bridgehead atoms. The molecule has 0 atom stereocenters. The summed E-state index contributed by atoms with van der Waals surface area (Å²) in [5, 5.41) is 2.48. The summed E-state index contributed by atoms with van der Waals surface area (Å²) in [7, 11) is 0. The number of hydrogen-bond acceptors (Lipinski definition) is 3. The maximum atomic E-state index is 11.7. The van der Waals surface area contributed by atoms with Gasteiger partial charge in [-0.3, -0.25) is 4.79 Å². The van der Waals surface area contributed by atoms with Crippen LogP contribution in [0.4, 0.5) is 0 Å². The van der Waals surface area contributed by atoms with Gasteiger partial charge in [-0.05, 0) is 12.5 Å². The Hall–Kier alpha value is -2.10. The van der Waals surface area contributed by atoms with Crippen molar-refractivity contribution in [1.82, 2.24) is 5.32 Å². The smallest absolute Gasteiger partial charge is 0.340 e. The van der Waals surface area contributed by atoms with Gasteiger partial charge in [-0.1, -0.05) is 30.3 Å². The van der Waals surface area contributed by atoms with Crippen LogP contribution >= 0.6 is 0 Å². The first kappa shape index (κ1) is 13.0. The third-order valence-electron chi connectivity index (χ3n) is 2.00. The highest BCUT2D eigenvalue weighted by Crippen LogP contribution is 2.14. The van der Waals surface area contributed by atoms with E-state index in [9.17, 15) is 9.59 Å². The van der Waals surface area contributed by atoms with E-state index < -0.39 is 5.97 Å². The molecule has 0 fully saturated rings. The second-order valence-electron chi connectivity index (χ2n) is 3.35. The van der Waals surface area contributed by atoms with Crippen LogP contribution in [0.5, 0.6) is 0 Å². The van der Waals surface area contributed by atoms with Gasteiger partial charge in [-0.2, -0.15) is 0 Å². The zero-order valence-electron chi connectivity index (χ0n) is 9.90. The molecule has 90 valence electrons. The molecule has 17 heavy (non-hydrogen) atoms. The molecule has 4 nitrogen and oxygen atoms in total. The lowest BCUT2D eigenvalue weighted by molar-refractivity contribution is -0.136. The van der Waals surface area contributed by atoms with E-state index in [1.54, 1.807) is 19.1 Å². The Morgan fingerprint density at radius 3 is 2.47 bits per heavy atom. The topological polar surface area (TPSA) is 55.4 Å². The van der Waals surface area contributed by atoms with Crippen molar-refractivity contribution in [1.29, 1.82) is 0 Å². The molecule has 0 heterocycles. The van der Waals surface area contributed by atoms with Crippen molar-refractivity contribution >= 4 is 17.4 Å². The second kappa shape index (κ2) is 6.48. The fourth-order valence-electron chi connectivity index (χ4n) is 1.26. The van der Waals surface area contributed by atoms with Crippen LogP contribution in [-0.4, -0.2) is 18.5 Å². The van der Waals surface area contributed by atoms with E-state index >= 15 is 0 Å². The average molecular weight is 233 g/mol. The average Bonchev–Trinajstić information content (AvgIpc) is 2.30. The maximum Gasteiger partial charge on any atom is 0.340 e. The summed E-state index contributed by atoms with van der Waals surface area (Å²) in [6.07, 6.45) is 1.37. The van der Waals surface area contributed by atoms with Gasteiger partial charge in [0, 0.05) is 13.1 Å². The highest BCUT2D eigenvalue weighted by atomic mass is 16.5. The van der Waals surface area contributed by atoms with Gasteiger partial charge in [0.2, 0.25) is 5.91 Å². The molecule has 0 spiro atoms. The van der Waals surface area contributed by atoms with E-state index in [0.717, 1.165) is 0 Å². The zero-order chi connectivity index (χ0) is 12.7. The Morgan fingerprint density at radius 1 is 1.29 bits per heavy atom. The molecule has 4 heteroatoms. The lowest BCUT2D eigenvalue weighted by Gasteiger charge is -2.07. The number of rotatable bonds is 4. The number of benzene rings is 1. The fourth-order valence-corrected chi connectivity index (χ4v) is 1.26. The molecule has 0 aliphatic carbocycles. The zero-order valence-corrected chi connectivity index (χ0v) is 9.90. The minimum atomic E-state index is -0.451. The summed E-state index contributed by atoms with van der Waals surface area (Å²) in [4.78, 5) is 22.6. The van der Waals surface area contributed by atoms with Crippen LogP contribution in [0.15, 0.2) is 36.5 Å². The van der Waals surface area contributed by atoms with Gasteiger partial charge in [-0.25, -0.2) is 4.79 Å². The number of carbonyl (C=O) groups excluding carboxylic acids is 2. The van der Waals surface area contributed by atoms with Crippen molar-refractivity contribution in [2.75, 3.05) is 6.61 Å². The van der Waals surface area contributed by atoms with Crippen molar-refractivity contribution in [3.8, 4) is 0 Å². The van der Waals surface area contributed by atoms with Crippen LogP contribution in [-0.2, 0) is 14.3 Å². The minimum absolute atomic E-state index is 0.234. The van der Waals surface area contributed by atoms with E-state index in [0.29, 0.717) is 17.7 Å². The second-order valence-corrected chi connectivity index (χ2v) is 3.35. The van der Waals surface area contributed by atoms with Crippen molar-refractivity contribution in [2.45, 2.75) is 13.8 Å². The Morgan fingerprint density at radius 2 is 1.94 bits per heavy atom. The fraction of sp³-hybridized carbons (Fsp3) is 0.231. The molecule has 0 saturated heterocycles. The Kier molecular flexibility index (Phi) is 4.94. The van der Waals surface area contributed by atoms with E-state index in [1.807, 2.05) is 18.2 Å². The summed E-state index contributed by atoms with van der Waals surface area (Å²) in [5.74, 6) is -0.685. The number of esters is 1. The predicted octanol–water partition coefficient (Wildman–Crippen LogP) is 1.73. The van der Waals surface area contributed by atoms with Gasteiger partial charge >= 0.3 is 5.97 Å². The van der Waals surface area contributed by atoms with E-state index in [1.165, 1.54) is 13.1 Å². The molecular formula is C13H15NO3. The molecule has 0 radical (unpaired) electrons. The van der Waals surface area contributed by atoms with Gasteiger partial charge in [0.1, 0.15) is 0 Å². The molecule has 1 aromatic rings. The van der Waals surface area contributed by atoms with Crippen LogP contribution in [0.1, 0.15) is 19.4 Å². The quantitative estimate of drug-likeness (QED) is 0.636. The summed E-state index contributed by atoms with van der Waals surface area (Å²) in [6.45, 7) is 3.41. The van der Waals surface area contributed by atoms with E-state index in [2.05, 4.69) is 5.32 Å². The molecular weight excluding hydrogens is 218 g/mol. The molecule has 0 aliphatic rings. The van der Waals surface area contributed by atoms with Gasteiger partial charge in [-0.15, -0.1) is 0 Å². The first-order chi connectivity index (χ1) is 8.15. The first-order valence-corrected chi connectivity index (χ1v) is 5.35. The SMILES string of the molecule is CCOC(=O)/C(=C/NC(C)=O)c1ccccc1. The molecule has 1 aromatic carbocycles. The van der Waals surface area contributed by atoms with Crippen LogP contribution in [0.2, 0.25) is 0 Å². The highest BCUT2D eigenvalue weighted by molar-refractivity contribution is 6.16. The third-order valence-corrected chi connectivity index (χ3v) is 2.00. The third kappa shape index (κ3) is 4.10. The van der Waals surface area contributed by atoms with Gasteiger partial charge in [0.15, 0.2) is 0 Å². The molecule has 1 amide bonds. The van der Waals surface area contributed by atoms with Crippen LogP contribution in [0.25, 0.3) is 5.57 Å². The normalized spacial score (nSPS) is 10.8. The minimum Gasteiger partial charge on any atom is -0.462 e. The number of carbonyl (C=O) groups is 2. The standard InChI is InChI=1S/C13H15NO3/c1-3-17-13(16)12(9-14-10(2)15)11-7-5-4-6-8-11/h4-9H,3H2,1-2H3,(H,14,15)/b12-9+. The lowest BCUT2D eigenvalue weighted by Crippen LogP contribution is -2.16. The monoisotopic (exact) mass is 233 g/mol. The van der Waals surface area contributed by atoms with Gasteiger partial charge in [0.25, 0.3) is 0 Å². The first-order valence-electron chi connectivity index (χ1n) is 5.35. The van der Waals surface area contributed by atoms with Gasteiger partial charge < -0.3 is 10.1 Å². The summed E-state index contributed by atoms with van der Waals surface area (Å²) >= 11 is 0. The van der Waals surface area contributed by atoms with Crippen molar-refractivity contribution < 1.29 is 14.3 Å². The largest absolute Gasteiger partial charge is 0.462 e.